The normalized spacial score (nSPS) is 12.1. The van der Waals surface area contributed by atoms with E-state index in [-0.39, 0.29) is 10.7 Å². The lowest BCUT2D eigenvalue weighted by molar-refractivity contribution is -0.384. The minimum atomic E-state index is -2.00. The summed E-state index contributed by atoms with van der Waals surface area (Å²) in [7, 11) is 1.21. The molecule has 29 heavy (non-hydrogen) atoms. The maximum atomic E-state index is 10.8. The second-order valence-electron chi connectivity index (χ2n) is 8.29. The van der Waals surface area contributed by atoms with Gasteiger partial charge in [-0.15, -0.1) is 0 Å². The van der Waals surface area contributed by atoms with E-state index in [0.29, 0.717) is 11.5 Å². The maximum absolute atomic E-state index is 10.8. The summed E-state index contributed by atoms with van der Waals surface area (Å²) in [6.45, 7) is 10.9. The predicted octanol–water partition coefficient (Wildman–Crippen LogP) is 6.17. The summed E-state index contributed by atoms with van der Waals surface area (Å²) in [6, 6.07) is 10.1. The summed E-state index contributed by atoms with van der Waals surface area (Å²) in [5, 5.41) is 10.9. The molecule has 6 nitrogen and oxygen atoms in total. The van der Waals surface area contributed by atoms with E-state index < -0.39 is 13.2 Å². The van der Waals surface area contributed by atoms with Crippen LogP contribution in [0.15, 0.2) is 36.4 Å². The number of nitro groups is 1. The molecule has 0 fully saturated rings. The molecule has 0 radical (unpaired) electrons. The molecule has 0 amide bonds. The number of hydrogen-bond donors (Lipinski definition) is 0. The molecule has 0 bridgehead atoms. The zero-order valence-electron chi connectivity index (χ0n) is 18.1. The van der Waals surface area contributed by atoms with Gasteiger partial charge in [-0.1, -0.05) is 26.8 Å². The molecule has 156 valence electrons. The van der Waals surface area contributed by atoms with Crippen molar-refractivity contribution >= 4 is 26.2 Å². The average Bonchev–Trinajstić information content (AvgIpc) is 2.65. The number of benzene rings is 2. The lowest BCUT2D eigenvalue weighted by Gasteiger charge is -2.36. The quantitative estimate of drug-likeness (QED) is 0.234. The highest BCUT2D eigenvalue weighted by molar-refractivity contribution is 6.74. The van der Waals surface area contributed by atoms with Crippen molar-refractivity contribution in [1.82, 2.24) is 0 Å². The van der Waals surface area contributed by atoms with Crippen LogP contribution in [0.3, 0.4) is 0 Å². The van der Waals surface area contributed by atoms with Crippen molar-refractivity contribution in [3.8, 4) is 17.2 Å². The number of ether oxygens (including phenoxy) is 2. The molecule has 0 atom stereocenters. The molecule has 0 aliphatic carbocycles. The molecule has 0 spiro atoms. The fourth-order valence-electron chi connectivity index (χ4n) is 2.47. The minimum absolute atomic E-state index is 0.0597. The van der Waals surface area contributed by atoms with Crippen molar-refractivity contribution in [2.75, 3.05) is 14.2 Å². The largest absolute Gasteiger partial charge is 0.543 e. The summed E-state index contributed by atoms with van der Waals surface area (Å²) < 4.78 is 17.6. The van der Waals surface area contributed by atoms with Gasteiger partial charge < -0.3 is 13.9 Å². The molecule has 2 aromatic rings. The molecule has 2 aromatic carbocycles. The van der Waals surface area contributed by atoms with E-state index in [4.69, 9.17) is 13.9 Å². The first-order valence-electron chi connectivity index (χ1n) is 9.36. The topological polar surface area (TPSA) is 70.8 Å². The summed E-state index contributed by atoms with van der Waals surface area (Å²) in [6.07, 6.45) is 3.73. The maximum Gasteiger partial charge on any atom is 0.269 e. The molecule has 0 saturated carbocycles. The third-order valence-electron chi connectivity index (χ3n) is 5.24. The smallest absolute Gasteiger partial charge is 0.269 e. The molecular formula is C22H29NO5Si. The van der Waals surface area contributed by atoms with Crippen LogP contribution >= 0.6 is 0 Å². The van der Waals surface area contributed by atoms with Crippen LogP contribution in [0.5, 0.6) is 17.2 Å². The van der Waals surface area contributed by atoms with Crippen LogP contribution in [0.25, 0.3) is 12.2 Å². The lowest BCUT2D eigenvalue weighted by atomic mass is 10.1. The second-order valence-corrected chi connectivity index (χ2v) is 13.0. The van der Waals surface area contributed by atoms with Gasteiger partial charge in [0.15, 0.2) is 0 Å². The van der Waals surface area contributed by atoms with Crippen LogP contribution in [0, 0.1) is 10.1 Å². The van der Waals surface area contributed by atoms with E-state index in [9.17, 15) is 10.1 Å². The van der Waals surface area contributed by atoms with Crippen molar-refractivity contribution < 1.29 is 18.8 Å². The molecule has 0 unspecified atom stereocenters. The van der Waals surface area contributed by atoms with E-state index in [2.05, 4.69) is 33.9 Å². The van der Waals surface area contributed by atoms with Crippen molar-refractivity contribution in [2.24, 2.45) is 0 Å². The Labute approximate surface area is 173 Å². The Hall–Kier alpha value is -2.80. The van der Waals surface area contributed by atoms with E-state index >= 15 is 0 Å². The second kappa shape index (κ2) is 8.69. The predicted molar refractivity (Wildman–Crippen MR) is 119 cm³/mol. The molecule has 0 N–H and O–H groups in total. The summed E-state index contributed by atoms with van der Waals surface area (Å²) in [5.74, 6) is 1.99. The van der Waals surface area contributed by atoms with Gasteiger partial charge in [-0.2, -0.15) is 0 Å². The molecule has 0 aromatic heterocycles. The van der Waals surface area contributed by atoms with Crippen LogP contribution in [0.4, 0.5) is 5.69 Å². The zero-order chi connectivity index (χ0) is 21.8. The monoisotopic (exact) mass is 415 g/mol. The van der Waals surface area contributed by atoms with E-state index in [1.165, 1.54) is 12.1 Å². The highest BCUT2D eigenvalue weighted by Crippen LogP contribution is 2.41. The van der Waals surface area contributed by atoms with Crippen LogP contribution < -0.4 is 13.9 Å². The van der Waals surface area contributed by atoms with E-state index in [1.54, 1.807) is 26.4 Å². The molecule has 0 aliphatic heterocycles. The Balaban J connectivity index is 2.38. The highest BCUT2D eigenvalue weighted by Gasteiger charge is 2.39. The first kappa shape index (κ1) is 22.5. The van der Waals surface area contributed by atoms with Crippen molar-refractivity contribution in [1.29, 1.82) is 0 Å². The minimum Gasteiger partial charge on any atom is -0.543 e. The third kappa shape index (κ3) is 5.38. The molecule has 7 heteroatoms. The Morgan fingerprint density at radius 2 is 1.48 bits per heavy atom. The fourth-order valence-corrected chi connectivity index (χ4v) is 3.49. The summed E-state index contributed by atoms with van der Waals surface area (Å²) >= 11 is 0. The van der Waals surface area contributed by atoms with E-state index in [0.717, 1.165) is 16.9 Å². The van der Waals surface area contributed by atoms with Gasteiger partial charge >= 0.3 is 0 Å². The summed E-state index contributed by atoms with van der Waals surface area (Å²) in [5.41, 5.74) is 1.67. The number of nitrogens with zero attached hydrogens (tertiary/aromatic N) is 1. The van der Waals surface area contributed by atoms with Crippen LogP contribution in [-0.4, -0.2) is 27.5 Å². The molecule has 0 saturated heterocycles. The lowest BCUT2D eigenvalue weighted by Crippen LogP contribution is -2.43. The number of non-ortho nitro benzene ring substituents is 1. The first-order chi connectivity index (χ1) is 13.5. The van der Waals surface area contributed by atoms with Crippen LogP contribution in [-0.2, 0) is 0 Å². The number of rotatable bonds is 7. The Morgan fingerprint density at radius 1 is 0.966 bits per heavy atom. The molecular weight excluding hydrogens is 386 g/mol. The van der Waals surface area contributed by atoms with Gasteiger partial charge in [0.05, 0.1) is 24.7 Å². The Bertz CT molecular complexity index is 873. The Morgan fingerprint density at radius 3 is 1.90 bits per heavy atom. The number of hydrogen-bond acceptors (Lipinski definition) is 5. The van der Waals surface area contributed by atoms with Crippen LogP contribution in [0.1, 0.15) is 31.9 Å². The third-order valence-corrected chi connectivity index (χ3v) is 9.60. The summed E-state index contributed by atoms with van der Waals surface area (Å²) in [4.78, 5) is 10.4. The fraction of sp³-hybridized carbons (Fsp3) is 0.364. The van der Waals surface area contributed by atoms with Gasteiger partial charge in [0, 0.05) is 24.3 Å². The van der Waals surface area contributed by atoms with E-state index in [1.807, 2.05) is 24.3 Å². The van der Waals surface area contributed by atoms with Gasteiger partial charge in [0.25, 0.3) is 5.69 Å². The molecule has 2 rings (SSSR count). The number of nitro benzene ring substituents is 1. The molecule has 0 heterocycles. The van der Waals surface area contributed by atoms with Gasteiger partial charge in [-0.3, -0.25) is 10.1 Å². The Kier molecular flexibility index (Phi) is 6.74. The average molecular weight is 416 g/mol. The zero-order valence-corrected chi connectivity index (χ0v) is 19.1. The standard InChI is InChI=1S/C22H29NO5Si/c1-22(2,3)29(6,7)28-18-14-20(26-4)19(21(15-18)27-5)13-10-16-8-11-17(12-9-16)23(24)25/h8-15H,1-7H3/b13-10+. The van der Waals surface area contributed by atoms with Gasteiger partial charge in [-0.05, 0) is 41.9 Å². The highest BCUT2D eigenvalue weighted by atomic mass is 28.4. The van der Waals surface area contributed by atoms with Crippen molar-refractivity contribution in [3.63, 3.8) is 0 Å². The van der Waals surface area contributed by atoms with Gasteiger partial charge in [-0.25, -0.2) is 0 Å². The van der Waals surface area contributed by atoms with Gasteiger partial charge in [0.2, 0.25) is 8.32 Å². The SMILES string of the molecule is COc1cc(O[Si](C)(C)C(C)(C)C)cc(OC)c1/C=C/c1ccc([N+](=O)[O-])cc1. The van der Waals surface area contributed by atoms with Crippen molar-refractivity contribution in [3.05, 3.63) is 57.6 Å². The van der Waals surface area contributed by atoms with Crippen molar-refractivity contribution in [2.45, 2.75) is 38.9 Å². The van der Waals surface area contributed by atoms with Gasteiger partial charge in [0.1, 0.15) is 17.2 Å². The first-order valence-corrected chi connectivity index (χ1v) is 12.3. The number of methoxy groups -OCH3 is 2. The van der Waals surface area contributed by atoms with Crippen LogP contribution in [0.2, 0.25) is 18.1 Å². The molecule has 0 aliphatic rings.